The van der Waals surface area contributed by atoms with Gasteiger partial charge in [0.1, 0.15) is 6.61 Å². The average Bonchev–Trinajstić information content (AvgIpc) is 2.51. The summed E-state index contributed by atoms with van der Waals surface area (Å²) in [5.74, 6) is 0.634. The number of anilines is 1. The van der Waals surface area contributed by atoms with Gasteiger partial charge in [0.15, 0.2) is 5.75 Å². The van der Waals surface area contributed by atoms with Gasteiger partial charge in [-0.05, 0) is 11.6 Å². The lowest BCUT2D eigenvalue weighted by molar-refractivity contribution is -0.400. The van der Waals surface area contributed by atoms with E-state index in [-0.39, 0.29) is 0 Å². The van der Waals surface area contributed by atoms with E-state index in [1.807, 2.05) is 61.5 Å². The van der Waals surface area contributed by atoms with E-state index in [1.54, 1.807) is 6.07 Å². The zero-order chi connectivity index (χ0) is 15.9. The molecule has 0 aromatic heterocycles. The molecule has 5 nitrogen and oxygen atoms in total. The van der Waals surface area contributed by atoms with Crippen molar-refractivity contribution in [3.63, 3.8) is 0 Å². The molecule has 0 amide bonds. The maximum absolute atomic E-state index is 10.5. The Labute approximate surface area is 129 Å². The van der Waals surface area contributed by atoms with Gasteiger partial charge in [-0.2, -0.15) is 0 Å². The second-order valence-electron chi connectivity index (χ2n) is 4.97. The lowest BCUT2D eigenvalue weighted by Gasteiger charge is -2.19. The molecule has 0 atom stereocenters. The van der Waals surface area contributed by atoms with E-state index in [9.17, 15) is 10.1 Å². The van der Waals surface area contributed by atoms with Crippen LogP contribution in [-0.4, -0.2) is 19.0 Å². The molecule has 0 N–H and O–H groups in total. The third-order valence-electron chi connectivity index (χ3n) is 3.11. The molecule has 5 heteroatoms. The van der Waals surface area contributed by atoms with Crippen molar-refractivity contribution in [3.05, 3.63) is 76.0 Å². The molecule has 0 aliphatic rings. The Morgan fingerprint density at radius 3 is 2.50 bits per heavy atom. The van der Waals surface area contributed by atoms with Crippen LogP contribution in [0.1, 0.15) is 11.1 Å². The fourth-order valence-corrected chi connectivity index (χ4v) is 2.05. The van der Waals surface area contributed by atoms with Crippen molar-refractivity contribution in [2.24, 2.45) is 0 Å². The number of rotatable bonds is 6. The van der Waals surface area contributed by atoms with Crippen LogP contribution in [0.25, 0.3) is 6.08 Å². The third kappa shape index (κ3) is 4.09. The molecule has 0 heterocycles. The van der Waals surface area contributed by atoms with Crippen molar-refractivity contribution < 1.29 is 9.66 Å². The number of nitrogens with zero attached hydrogens (tertiary/aromatic N) is 2. The summed E-state index contributed by atoms with van der Waals surface area (Å²) in [7, 11) is 3.82. The Morgan fingerprint density at radius 1 is 1.14 bits per heavy atom. The molecule has 2 rings (SSSR count). The molecule has 114 valence electrons. The Hall–Kier alpha value is -2.82. The van der Waals surface area contributed by atoms with Gasteiger partial charge in [-0.25, -0.2) is 0 Å². The first-order valence-corrected chi connectivity index (χ1v) is 6.86. The van der Waals surface area contributed by atoms with Crippen molar-refractivity contribution in [2.75, 3.05) is 19.0 Å². The number of hydrogen-bond acceptors (Lipinski definition) is 4. The predicted molar refractivity (Wildman–Crippen MR) is 87.6 cm³/mol. The summed E-state index contributed by atoms with van der Waals surface area (Å²) in [6.45, 7) is 0.408. The van der Waals surface area contributed by atoms with Crippen LogP contribution < -0.4 is 9.64 Å². The second kappa shape index (κ2) is 7.26. The molecular weight excluding hydrogens is 280 g/mol. The van der Waals surface area contributed by atoms with Gasteiger partial charge < -0.3 is 9.64 Å². The molecule has 0 bridgehead atoms. The Morgan fingerprint density at radius 2 is 1.86 bits per heavy atom. The Kier molecular flexibility index (Phi) is 5.14. The number of nitro groups is 1. The molecule has 0 saturated carbocycles. The molecule has 0 unspecified atom stereocenters. The van der Waals surface area contributed by atoms with Gasteiger partial charge in [-0.15, -0.1) is 0 Å². The smallest absolute Gasteiger partial charge is 0.235 e. The molecule has 0 aliphatic carbocycles. The highest BCUT2D eigenvalue weighted by Crippen LogP contribution is 2.32. The van der Waals surface area contributed by atoms with E-state index in [2.05, 4.69) is 0 Å². The highest BCUT2D eigenvalue weighted by Gasteiger charge is 2.11. The van der Waals surface area contributed by atoms with Crippen LogP contribution >= 0.6 is 0 Å². The van der Waals surface area contributed by atoms with Crippen LogP contribution in [0.3, 0.4) is 0 Å². The minimum absolute atomic E-state index is 0.408. The molecular formula is C17H18N2O3. The summed E-state index contributed by atoms with van der Waals surface area (Å²) in [4.78, 5) is 12.0. The summed E-state index contributed by atoms with van der Waals surface area (Å²) in [6, 6.07) is 15.4. The summed E-state index contributed by atoms with van der Waals surface area (Å²) in [6.07, 6.45) is 2.37. The average molecular weight is 298 g/mol. The van der Waals surface area contributed by atoms with E-state index >= 15 is 0 Å². The zero-order valence-corrected chi connectivity index (χ0v) is 12.6. The second-order valence-corrected chi connectivity index (χ2v) is 4.97. The molecule has 2 aromatic rings. The molecule has 0 saturated heterocycles. The van der Waals surface area contributed by atoms with Crippen molar-refractivity contribution in [1.82, 2.24) is 0 Å². The first kappa shape index (κ1) is 15.6. The topological polar surface area (TPSA) is 55.6 Å². The van der Waals surface area contributed by atoms with Crippen molar-refractivity contribution in [1.29, 1.82) is 0 Å². The largest absolute Gasteiger partial charge is 0.486 e. The molecule has 0 spiro atoms. The van der Waals surface area contributed by atoms with Crippen molar-refractivity contribution in [2.45, 2.75) is 6.61 Å². The van der Waals surface area contributed by atoms with E-state index in [4.69, 9.17) is 4.74 Å². The standard InChI is InChI=1S/C17H18N2O3/c1-18(2)16-10-6-9-15(11-12-19(20)21)17(16)22-13-14-7-4-3-5-8-14/h3-12H,13H2,1-2H3. The summed E-state index contributed by atoms with van der Waals surface area (Å²) in [5, 5.41) is 10.5. The fourth-order valence-electron chi connectivity index (χ4n) is 2.05. The van der Waals surface area contributed by atoms with Gasteiger partial charge in [0.05, 0.1) is 10.6 Å². The lowest BCUT2D eigenvalue weighted by atomic mass is 10.1. The van der Waals surface area contributed by atoms with Crippen LogP contribution in [0, 0.1) is 10.1 Å². The first-order valence-electron chi connectivity index (χ1n) is 6.86. The van der Waals surface area contributed by atoms with E-state index in [0.717, 1.165) is 17.5 Å². The van der Waals surface area contributed by atoms with Crippen LogP contribution in [0.15, 0.2) is 54.7 Å². The molecule has 0 fully saturated rings. The molecule has 2 aromatic carbocycles. The molecule has 22 heavy (non-hydrogen) atoms. The summed E-state index contributed by atoms with van der Waals surface area (Å²) < 4.78 is 5.93. The monoisotopic (exact) mass is 298 g/mol. The van der Waals surface area contributed by atoms with Gasteiger partial charge in [0.2, 0.25) is 6.20 Å². The Balaban J connectivity index is 2.31. The SMILES string of the molecule is CN(C)c1cccc(C=C[N+](=O)[O-])c1OCc1ccccc1. The van der Waals surface area contributed by atoms with E-state index in [0.29, 0.717) is 17.9 Å². The van der Waals surface area contributed by atoms with Crippen LogP contribution in [0.5, 0.6) is 5.75 Å². The van der Waals surface area contributed by atoms with Gasteiger partial charge in [0, 0.05) is 25.7 Å². The normalized spacial score (nSPS) is 10.6. The zero-order valence-electron chi connectivity index (χ0n) is 12.6. The number of hydrogen-bond donors (Lipinski definition) is 0. The van der Waals surface area contributed by atoms with Gasteiger partial charge in [-0.1, -0.05) is 42.5 Å². The minimum atomic E-state index is -0.483. The number of ether oxygens (including phenoxy) is 1. The summed E-state index contributed by atoms with van der Waals surface area (Å²) in [5.41, 5.74) is 2.60. The third-order valence-corrected chi connectivity index (χ3v) is 3.11. The summed E-state index contributed by atoms with van der Waals surface area (Å²) >= 11 is 0. The minimum Gasteiger partial charge on any atom is -0.486 e. The van der Waals surface area contributed by atoms with Crippen molar-refractivity contribution >= 4 is 11.8 Å². The Bertz CT molecular complexity index is 667. The molecule has 0 aliphatic heterocycles. The van der Waals surface area contributed by atoms with Crippen LogP contribution in [0.2, 0.25) is 0 Å². The van der Waals surface area contributed by atoms with E-state index < -0.39 is 4.92 Å². The predicted octanol–water partition coefficient (Wildman–Crippen LogP) is 3.58. The number of benzene rings is 2. The van der Waals surface area contributed by atoms with Gasteiger partial charge in [0.25, 0.3) is 0 Å². The quantitative estimate of drug-likeness (QED) is 0.604. The highest BCUT2D eigenvalue weighted by atomic mass is 16.6. The number of para-hydroxylation sites is 1. The van der Waals surface area contributed by atoms with Crippen LogP contribution in [0.4, 0.5) is 5.69 Å². The highest BCUT2D eigenvalue weighted by molar-refractivity contribution is 5.69. The fraction of sp³-hybridized carbons (Fsp3) is 0.176. The lowest BCUT2D eigenvalue weighted by Crippen LogP contribution is -2.11. The van der Waals surface area contributed by atoms with Crippen molar-refractivity contribution in [3.8, 4) is 5.75 Å². The van der Waals surface area contributed by atoms with Crippen LogP contribution in [-0.2, 0) is 6.61 Å². The molecule has 0 radical (unpaired) electrons. The first-order chi connectivity index (χ1) is 10.6. The van der Waals surface area contributed by atoms with E-state index in [1.165, 1.54) is 6.08 Å². The maximum Gasteiger partial charge on any atom is 0.235 e. The van der Waals surface area contributed by atoms with Gasteiger partial charge in [-0.3, -0.25) is 10.1 Å². The maximum atomic E-state index is 10.5. The van der Waals surface area contributed by atoms with Gasteiger partial charge >= 0.3 is 0 Å².